The number of alkyl halides is 6. The first-order valence-corrected chi connectivity index (χ1v) is 35.4. The van der Waals surface area contributed by atoms with Crippen LogP contribution in [0.3, 0.4) is 0 Å². The number of rotatable bonds is 10. The third-order valence-corrected chi connectivity index (χ3v) is 16.0. The minimum atomic E-state index is -4.81. The van der Waals surface area contributed by atoms with Crippen molar-refractivity contribution in [3.63, 3.8) is 0 Å². The Balaban J connectivity index is 0.000000318. The Bertz CT molecular complexity index is 4600. The van der Waals surface area contributed by atoms with E-state index >= 15 is 0 Å². The molecule has 0 bridgehead atoms. The summed E-state index contributed by atoms with van der Waals surface area (Å²) in [5.41, 5.74) is 15.2. The fraction of sp³-hybridized carbons (Fsp3) is 0.194. The molecule has 0 unspecified atom stereocenters. The molecule has 0 radical (unpaired) electrons. The number of aryl methyl sites for hydroxylation is 1. The van der Waals surface area contributed by atoms with Crippen molar-refractivity contribution in [2.24, 2.45) is 10.8 Å². The minimum Gasteiger partial charge on any atom is -0.507 e. The van der Waals surface area contributed by atoms with Gasteiger partial charge < -0.3 is 5.11 Å². The highest BCUT2D eigenvalue weighted by Crippen LogP contribution is 2.33. The van der Waals surface area contributed by atoms with Crippen LogP contribution in [-0.4, -0.2) is 33.2 Å². The summed E-state index contributed by atoms with van der Waals surface area (Å²) in [6.07, 6.45) is 4.68. The van der Waals surface area contributed by atoms with E-state index in [0.717, 1.165) is 44.4 Å². The summed E-state index contributed by atoms with van der Waals surface area (Å²) in [5, 5.41) is 13.8. The Morgan fingerprint density at radius 1 is 0.407 bits per heavy atom. The first-order valence-electron chi connectivity index (χ1n) is 35.4. The van der Waals surface area contributed by atoms with E-state index < -0.39 is 23.5 Å². The molecule has 1 N–H and O–H groups in total. The molecule has 0 aliphatic rings. The second kappa shape index (κ2) is 46.5. The van der Waals surface area contributed by atoms with E-state index in [1.165, 1.54) is 60.9 Å². The van der Waals surface area contributed by atoms with Gasteiger partial charge in [-0.1, -0.05) is 358 Å². The number of hydrogen-bond donors (Lipinski definition) is 1. The molecule has 4 nitrogen and oxygen atoms in total. The van der Waals surface area contributed by atoms with Crippen molar-refractivity contribution in [2.45, 2.75) is 116 Å². The van der Waals surface area contributed by atoms with Gasteiger partial charge in [0, 0.05) is 51.0 Å². The molecule has 10 heteroatoms. The van der Waals surface area contributed by atoms with Gasteiger partial charge in [0.05, 0.1) is 11.4 Å². The lowest BCUT2D eigenvalue weighted by Gasteiger charge is -2.24. The van der Waals surface area contributed by atoms with Crippen LogP contribution in [0.4, 0.5) is 26.3 Å². The number of allylic oxidation sites excluding steroid dienone is 13. The molecule has 0 atom stereocenters. The van der Waals surface area contributed by atoms with Crippen molar-refractivity contribution in [3.05, 3.63) is 397 Å². The summed E-state index contributed by atoms with van der Waals surface area (Å²) in [5.74, 6) is 0.471. The number of phenolic OH excluding ortho intramolecular Hbond substituents is 1. The zero-order chi connectivity index (χ0) is 80.5. The van der Waals surface area contributed by atoms with Crippen molar-refractivity contribution in [1.29, 1.82) is 0 Å². The fourth-order valence-electron chi connectivity index (χ4n) is 9.32. The maximum absolute atomic E-state index is 11.7. The normalized spacial score (nSPS) is 11.2. The van der Waals surface area contributed by atoms with Crippen molar-refractivity contribution >= 4 is 44.6 Å². The summed E-state index contributed by atoms with van der Waals surface area (Å²) in [6.45, 7) is 44.4. The van der Waals surface area contributed by atoms with E-state index in [-0.39, 0.29) is 22.7 Å². The Hall–Kier alpha value is -11.5. The van der Waals surface area contributed by atoms with E-state index in [2.05, 4.69) is 252 Å². The van der Waals surface area contributed by atoms with Gasteiger partial charge in [-0.15, -0.1) is 0 Å². The topological polar surface area (TPSA) is 63.1 Å². The zero-order valence-electron chi connectivity index (χ0n) is 65.4. The predicted octanol–water partition coefficient (Wildman–Crippen LogP) is 29.6. The molecule has 108 heavy (non-hydrogen) atoms. The van der Waals surface area contributed by atoms with Crippen molar-refractivity contribution in [2.75, 3.05) is 0 Å². The van der Waals surface area contributed by atoms with Gasteiger partial charge in [0.25, 0.3) is 0 Å². The molecule has 0 saturated carbocycles. The Morgan fingerprint density at radius 2 is 0.852 bits per heavy atom. The summed E-state index contributed by atoms with van der Waals surface area (Å²) in [6, 6.07) is 88.2. The number of nitrogens with zero attached hydrogens (tertiary/aromatic N) is 2. The number of phenols is 1. The van der Waals surface area contributed by atoms with Gasteiger partial charge in [0.1, 0.15) is 5.75 Å². The molecule has 562 valence electrons. The van der Waals surface area contributed by atoms with E-state index in [4.69, 9.17) is 0 Å². The van der Waals surface area contributed by atoms with Gasteiger partial charge in [0.2, 0.25) is 0 Å². The molecule has 11 aromatic rings. The molecule has 0 aliphatic heterocycles. The van der Waals surface area contributed by atoms with Crippen LogP contribution in [0.25, 0.3) is 61.3 Å². The van der Waals surface area contributed by atoms with Gasteiger partial charge in [-0.25, -0.2) is 0 Å². The smallest absolute Gasteiger partial charge is 0.415 e. The van der Waals surface area contributed by atoms with Crippen molar-refractivity contribution in [3.8, 4) is 28.3 Å². The number of carbonyl (C=O) groups is 1. The Labute approximate surface area is 639 Å². The quantitative estimate of drug-likeness (QED) is 0.0842. The summed E-state index contributed by atoms with van der Waals surface area (Å²) < 4.78 is 70.2. The lowest BCUT2D eigenvalue weighted by atomic mass is 9.81. The van der Waals surface area contributed by atoms with Gasteiger partial charge in [-0.2, -0.15) is 26.3 Å². The number of pyridine rings is 2. The van der Waals surface area contributed by atoms with E-state index in [1.54, 1.807) is 13.0 Å². The van der Waals surface area contributed by atoms with Crippen LogP contribution in [0, 0.1) is 17.8 Å². The standard InChI is InChI=1S/C17H16.C15H11N.C13H24.C11H9N.C10H8O.C10H12.C8H8O.C7H6F6.C7H12/c1-14(16-9-5-3-6-10-16)13-15(2)17-11-7-4-8-12-17;1-2-7-13(8-3-1)15-14-9-5-4-6-12(14)10-11-16-15;1-10(12(3,4)5)9-11(2)13(6,7)8;1-2-6-10(7-3-1)11-8-4-5-9-12-11;11-10-7-3-5-8-4-1-2-6-9(8)10;1-3-6-10-8-5-4-7-9(10)2;1-7(9)8-5-3-2-4-6-8;1-4(6(8,9)10)3-5(2)7(11,12)13;1-6(2)5-7(3)4/h3-13H,1H2,2H3;1-11H;9H,1H2,2-8H3;1-9H;1-7,11H;3-8H,1-2H3;2-6H,1H3;3H,1H2,2H3;5H,1H2,2-4H3/b15-13+;;11-9+;;;6-3+;;5-3+;. The molecule has 0 fully saturated rings. The molecule has 0 aliphatic carbocycles. The molecule has 0 amide bonds. The van der Waals surface area contributed by atoms with Crippen LogP contribution < -0.4 is 0 Å². The number of benzene rings is 9. The average molecular weight is 1460 g/mol. The third kappa shape index (κ3) is 35.5. The third-order valence-electron chi connectivity index (χ3n) is 16.0. The Morgan fingerprint density at radius 3 is 1.29 bits per heavy atom. The van der Waals surface area contributed by atoms with E-state index in [1.807, 2.05) is 178 Å². The van der Waals surface area contributed by atoms with Gasteiger partial charge in [0.15, 0.2) is 5.78 Å². The van der Waals surface area contributed by atoms with Crippen LogP contribution >= 0.6 is 0 Å². The minimum absolute atomic E-state index is 0.0278. The maximum Gasteiger partial charge on any atom is 0.415 e. The number of fused-ring (bicyclic) bond motifs is 2. The van der Waals surface area contributed by atoms with E-state index in [9.17, 15) is 36.2 Å². The Kier molecular flexibility index (Phi) is 39.0. The van der Waals surface area contributed by atoms with Crippen LogP contribution in [0.5, 0.6) is 5.75 Å². The molecule has 2 heterocycles. The monoisotopic (exact) mass is 1460 g/mol. The summed E-state index contributed by atoms with van der Waals surface area (Å²) in [7, 11) is 0. The van der Waals surface area contributed by atoms with E-state index in [0.29, 0.717) is 12.7 Å². The van der Waals surface area contributed by atoms with Crippen molar-refractivity contribution in [1.82, 2.24) is 9.97 Å². The first-order chi connectivity index (χ1) is 50.9. The number of halogens is 6. The number of carbonyl (C=O) groups excluding carboxylic acids is 1. The second-order valence-corrected chi connectivity index (χ2v) is 27.5. The maximum atomic E-state index is 11.7. The van der Waals surface area contributed by atoms with Crippen LogP contribution in [0.15, 0.2) is 369 Å². The number of ketones is 1. The number of aromatic nitrogens is 2. The molecular weight excluding hydrogens is 1350 g/mol. The molecule has 11 rings (SSSR count). The van der Waals surface area contributed by atoms with Gasteiger partial charge in [-0.05, 0) is 153 Å². The molecule has 0 saturated heterocycles. The largest absolute Gasteiger partial charge is 0.507 e. The lowest BCUT2D eigenvalue weighted by Crippen LogP contribution is -2.13. The highest BCUT2D eigenvalue weighted by molar-refractivity contribution is 5.95. The van der Waals surface area contributed by atoms with Crippen LogP contribution in [0.2, 0.25) is 0 Å². The second-order valence-electron chi connectivity index (χ2n) is 27.5. The predicted molar refractivity (Wildman–Crippen MR) is 451 cm³/mol. The molecule has 2 aromatic heterocycles. The lowest BCUT2D eigenvalue weighted by molar-refractivity contribution is -0.0952. The summed E-state index contributed by atoms with van der Waals surface area (Å²) in [4.78, 5) is 19.4. The van der Waals surface area contributed by atoms with Crippen molar-refractivity contribution < 1.29 is 36.2 Å². The fourth-order valence-corrected chi connectivity index (χ4v) is 9.32. The summed E-state index contributed by atoms with van der Waals surface area (Å²) >= 11 is 0. The van der Waals surface area contributed by atoms with Gasteiger partial charge >= 0.3 is 12.4 Å². The average Bonchev–Trinajstić information content (AvgIpc) is 0.810. The number of hydrogen-bond acceptors (Lipinski definition) is 4. The highest BCUT2D eigenvalue weighted by atomic mass is 19.4. The molecule has 0 spiro atoms. The SMILES string of the molecule is C/C=C/c1ccccc1C.C=C(/C=C(\C)C(C)(C)C)C(C)(C)C.C=C(/C=C(\C)C(F)(F)F)C(F)(F)F.C=C(/C=C(\C)c1ccccc1)c1ccccc1.C=C(C)C=C(C)C.CC(=O)c1ccccc1.Oc1cccc2ccccc12.c1ccc(-c2ccccn2)cc1.c1ccc(-c2nccc3ccccc23)cc1. The van der Waals surface area contributed by atoms with Gasteiger partial charge in [-0.3, -0.25) is 14.8 Å². The number of aromatic hydroxyl groups is 1. The number of Topliss-reactive ketones (excluding diaryl/α,β-unsaturated/α-hetero) is 1. The first kappa shape index (κ1) is 90.7. The van der Waals surface area contributed by atoms with Crippen LogP contribution in [0.1, 0.15) is 130 Å². The molecule has 9 aromatic carbocycles. The molecular formula is C98H106F6N2O2. The van der Waals surface area contributed by atoms with Crippen LogP contribution in [-0.2, 0) is 0 Å². The highest BCUT2D eigenvalue weighted by Gasteiger charge is 2.35. The zero-order valence-corrected chi connectivity index (χ0v) is 65.4.